The van der Waals surface area contributed by atoms with Gasteiger partial charge in [-0.25, -0.2) is 8.42 Å². The fourth-order valence-electron chi connectivity index (χ4n) is 3.40. The number of rotatable bonds is 5. The van der Waals surface area contributed by atoms with Gasteiger partial charge >= 0.3 is 0 Å². The van der Waals surface area contributed by atoms with Crippen LogP contribution < -0.4 is 9.62 Å². The fourth-order valence-corrected chi connectivity index (χ4v) is 4.98. The summed E-state index contributed by atoms with van der Waals surface area (Å²) in [5.41, 5.74) is 1.66. The molecule has 1 N–H and O–H groups in total. The zero-order chi connectivity index (χ0) is 18.1. The highest BCUT2D eigenvalue weighted by Gasteiger charge is 2.31. The topological polar surface area (TPSA) is 52.7 Å². The molecular formula is C19H22ClN3O2S. The summed E-state index contributed by atoms with van der Waals surface area (Å²) in [6.45, 7) is 4.24. The third-order valence-corrected chi connectivity index (χ3v) is 6.87. The van der Waals surface area contributed by atoms with Crippen LogP contribution >= 0.6 is 11.6 Å². The van der Waals surface area contributed by atoms with Crippen LogP contribution in [0.4, 0.5) is 11.4 Å². The molecule has 5 nitrogen and oxygen atoms in total. The first-order valence-electron chi connectivity index (χ1n) is 8.89. The smallest absolute Gasteiger partial charge is 0.263 e. The molecular weight excluding hydrogens is 370 g/mol. The number of sulfonamides is 1. The van der Waals surface area contributed by atoms with Gasteiger partial charge in [-0.2, -0.15) is 0 Å². The van der Waals surface area contributed by atoms with Gasteiger partial charge in [-0.05, 0) is 49.2 Å². The van der Waals surface area contributed by atoms with Crippen LogP contribution in [0.2, 0.25) is 5.02 Å². The molecule has 138 valence electrons. The second-order valence-electron chi connectivity index (χ2n) is 6.84. The Morgan fingerprint density at radius 2 is 1.58 bits per heavy atom. The zero-order valence-electron chi connectivity index (χ0n) is 14.4. The molecule has 26 heavy (non-hydrogen) atoms. The Morgan fingerprint density at radius 1 is 0.923 bits per heavy atom. The molecule has 1 aliphatic heterocycles. The van der Waals surface area contributed by atoms with Gasteiger partial charge in [0.05, 0.1) is 5.02 Å². The Morgan fingerprint density at radius 3 is 2.19 bits per heavy atom. The van der Waals surface area contributed by atoms with Gasteiger partial charge in [-0.3, -0.25) is 9.62 Å². The molecule has 7 heteroatoms. The number of piperazine rings is 1. The third-order valence-electron chi connectivity index (χ3n) is 4.99. The molecule has 0 bridgehead atoms. The maximum absolute atomic E-state index is 12.5. The highest BCUT2D eigenvalue weighted by atomic mass is 35.5. The fraction of sp³-hybridized carbons (Fsp3) is 0.368. The summed E-state index contributed by atoms with van der Waals surface area (Å²) >= 11 is 6.01. The maximum atomic E-state index is 12.5. The Kier molecular flexibility index (Phi) is 4.82. The van der Waals surface area contributed by atoms with Crippen LogP contribution in [0.1, 0.15) is 12.8 Å². The van der Waals surface area contributed by atoms with E-state index in [0.29, 0.717) is 5.69 Å². The van der Waals surface area contributed by atoms with Crippen LogP contribution in [0.5, 0.6) is 0 Å². The van der Waals surface area contributed by atoms with Crippen LogP contribution in [-0.2, 0) is 10.0 Å². The minimum absolute atomic E-state index is 0.0851. The molecule has 4 rings (SSSR count). The van der Waals surface area contributed by atoms with Crippen molar-refractivity contribution < 1.29 is 8.42 Å². The van der Waals surface area contributed by atoms with Crippen molar-refractivity contribution in [3.63, 3.8) is 0 Å². The molecule has 1 saturated heterocycles. The third kappa shape index (κ3) is 3.82. The molecule has 2 aromatic carbocycles. The predicted molar refractivity (Wildman–Crippen MR) is 106 cm³/mol. The molecule has 1 aliphatic carbocycles. The molecule has 0 spiro atoms. The van der Waals surface area contributed by atoms with E-state index in [1.807, 2.05) is 12.1 Å². The molecule has 1 heterocycles. The summed E-state index contributed by atoms with van der Waals surface area (Å²) in [5, 5.41) is 0.213. The number of anilines is 2. The highest BCUT2D eigenvalue weighted by molar-refractivity contribution is 7.92. The Bertz CT molecular complexity index is 874. The molecule has 0 unspecified atom stereocenters. The molecule has 2 aromatic rings. The average Bonchev–Trinajstić information content (AvgIpc) is 3.48. The van der Waals surface area contributed by atoms with Crippen molar-refractivity contribution in [1.82, 2.24) is 4.90 Å². The van der Waals surface area contributed by atoms with Crippen molar-refractivity contribution in [3.8, 4) is 0 Å². The number of hydrogen-bond acceptors (Lipinski definition) is 4. The number of benzene rings is 2. The first-order chi connectivity index (χ1) is 12.5. The minimum Gasteiger partial charge on any atom is -0.369 e. The SMILES string of the molecule is O=S(=O)(Nc1ccc(N2CCN(C3CC3)CC2)cc1)c1ccccc1Cl. The molecule has 2 fully saturated rings. The maximum Gasteiger partial charge on any atom is 0.263 e. The van der Waals surface area contributed by atoms with E-state index in [1.165, 1.54) is 18.9 Å². The minimum atomic E-state index is -3.69. The van der Waals surface area contributed by atoms with Crippen molar-refractivity contribution >= 4 is 33.0 Å². The van der Waals surface area contributed by atoms with Gasteiger partial charge in [0, 0.05) is 43.6 Å². The van der Waals surface area contributed by atoms with Crippen molar-refractivity contribution in [3.05, 3.63) is 53.6 Å². The molecule has 1 saturated carbocycles. The largest absolute Gasteiger partial charge is 0.369 e. The molecule has 2 aliphatic rings. The van der Waals surface area contributed by atoms with E-state index in [1.54, 1.807) is 30.3 Å². The van der Waals surface area contributed by atoms with Gasteiger partial charge in [-0.1, -0.05) is 23.7 Å². The van der Waals surface area contributed by atoms with E-state index >= 15 is 0 Å². The summed E-state index contributed by atoms with van der Waals surface area (Å²) in [6.07, 6.45) is 2.69. The van der Waals surface area contributed by atoms with E-state index in [4.69, 9.17) is 11.6 Å². The van der Waals surface area contributed by atoms with Crippen molar-refractivity contribution in [2.75, 3.05) is 35.8 Å². The van der Waals surface area contributed by atoms with Crippen LogP contribution in [0.3, 0.4) is 0 Å². The van der Waals surface area contributed by atoms with Gasteiger partial charge in [-0.15, -0.1) is 0 Å². The van der Waals surface area contributed by atoms with Crippen molar-refractivity contribution in [2.45, 2.75) is 23.8 Å². The second kappa shape index (κ2) is 7.10. The van der Waals surface area contributed by atoms with E-state index < -0.39 is 10.0 Å². The molecule has 0 aromatic heterocycles. The highest BCUT2D eigenvalue weighted by Crippen LogP contribution is 2.29. The predicted octanol–water partition coefficient (Wildman–Crippen LogP) is 3.43. The average molecular weight is 392 g/mol. The summed E-state index contributed by atoms with van der Waals surface area (Å²) in [5.74, 6) is 0. The van der Waals surface area contributed by atoms with Crippen LogP contribution in [0.15, 0.2) is 53.4 Å². The zero-order valence-corrected chi connectivity index (χ0v) is 16.0. The lowest BCUT2D eigenvalue weighted by Gasteiger charge is -2.36. The van der Waals surface area contributed by atoms with Gasteiger partial charge < -0.3 is 4.90 Å². The van der Waals surface area contributed by atoms with Crippen LogP contribution in [0.25, 0.3) is 0 Å². The van der Waals surface area contributed by atoms with Crippen LogP contribution in [-0.4, -0.2) is 45.5 Å². The number of hydrogen-bond donors (Lipinski definition) is 1. The van der Waals surface area contributed by atoms with E-state index in [2.05, 4.69) is 14.5 Å². The Balaban J connectivity index is 1.42. The van der Waals surface area contributed by atoms with E-state index in [0.717, 1.165) is 37.9 Å². The van der Waals surface area contributed by atoms with Gasteiger partial charge in [0.25, 0.3) is 10.0 Å². The lowest BCUT2D eigenvalue weighted by Crippen LogP contribution is -2.47. The number of nitrogens with one attached hydrogen (secondary N) is 1. The first kappa shape index (κ1) is 17.6. The Hall–Kier alpha value is -1.76. The number of nitrogens with zero attached hydrogens (tertiary/aromatic N) is 2. The molecule has 0 radical (unpaired) electrons. The lowest BCUT2D eigenvalue weighted by molar-refractivity contribution is 0.248. The summed E-state index contributed by atoms with van der Waals surface area (Å²) < 4.78 is 27.6. The second-order valence-corrected chi connectivity index (χ2v) is 8.90. The normalized spacial score (nSPS) is 18.7. The van der Waals surface area contributed by atoms with Crippen LogP contribution in [0, 0.1) is 0 Å². The molecule has 0 amide bonds. The standard InChI is InChI=1S/C19H22ClN3O2S/c20-18-3-1-2-4-19(18)26(24,25)21-15-5-7-16(8-6-15)22-11-13-23(14-12-22)17-9-10-17/h1-8,17,21H,9-14H2. The van der Waals surface area contributed by atoms with E-state index in [9.17, 15) is 8.42 Å². The van der Waals surface area contributed by atoms with E-state index in [-0.39, 0.29) is 9.92 Å². The number of halogens is 1. The van der Waals surface area contributed by atoms with Gasteiger partial charge in [0.15, 0.2) is 0 Å². The van der Waals surface area contributed by atoms with Gasteiger partial charge in [0.1, 0.15) is 4.90 Å². The summed E-state index contributed by atoms with van der Waals surface area (Å²) in [6, 6.07) is 14.8. The summed E-state index contributed by atoms with van der Waals surface area (Å²) in [7, 11) is -3.69. The first-order valence-corrected chi connectivity index (χ1v) is 10.8. The Labute approximate surface area is 159 Å². The monoisotopic (exact) mass is 391 g/mol. The van der Waals surface area contributed by atoms with Crippen molar-refractivity contribution in [1.29, 1.82) is 0 Å². The van der Waals surface area contributed by atoms with Crippen molar-refractivity contribution in [2.24, 2.45) is 0 Å². The quantitative estimate of drug-likeness (QED) is 0.848. The molecule has 0 atom stereocenters. The van der Waals surface area contributed by atoms with Gasteiger partial charge in [0.2, 0.25) is 0 Å². The lowest BCUT2D eigenvalue weighted by atomic mass is 10.2. The summed E-state index contributed by atoms with van der Waals surface area (Å²) in [4.78, 5) is 5.01.